The van der Waals surface area contributed by atoms with Crippen molar-refractivity contribution in [1.29, 1.82) is 0 Å². The van der Waals surface area contributed by atoms with E-state index in [1.165, 1.54) is 16.3 Å². The Morgan fingerprint density at radius 2 is 1.50 bits per heavy atom. The highest BCUT2D eigenvalue weighted by Gasteiger charge is 2.22. The van der Waals surface area contributed by atoms with Crippen molar-refractivity contribution in [3.8, 4) is 0 Å². The lowest BCUT2D eigenvalue weighted by Gasteiger charge is -2.36. The second-order valence-electron chi connectivity index (χ2n) is 7.99. The van der Waals surface area contributed by atoms with E-state index in [-0.39, 0.29) is 5.54 Å². The van der Waals surface area contributed by atoms with Crippen LogP contribution in [0.3, 0.4) is 0 Å². The number of benzene rings is 3. The molecule has 0 amide bonds. The number of hydrogen-bond acceptors (Lipinski definition) is 2. The van der Waals surface area contributed by atoms with Crippen LogP contribution in [0.5, 0.6) is 0 Å². The molecule has 0 aliphatic heterocycles. The third kappa shape index (κ3) is 4.72. The standard InChI is InChI=1S/C24H29NO/c1-24(2,3)25(18-19-9-5-4-6-10-19)16-15-23(26)22-14-13-20-11-7-8-12-21(20)17-22/h4-14,17,23,26H,15-16,18H2,1-3H3. The van der Waals surface area contributed by atoms with Gasteiger partial charge in [-0.15, -0.1) is 0 Å². The quantitative estimate of drug-likeness (QED) is 0.630. The van der Waals surface area contributed by atoms with Gasteiger partial charge in [0.1, 0.15) is 0 Å². The van der Waals surface area contributed by atoms with Gasteiger partial charge in [0.05, 0.1) is 6.10 Å². The van der Waals surface area contributed by atoms with Crippen LogP contribution in [-0.2, 0) is 6.54 Å². The maximum absolute atomic E-state index is 10.7. The highest BCUT2D eigenvalue weighted by molar-refractivity contribution is 5.83. The average molecular weight is 348 g/mol. The minimum atomic E-state index is -0.444. The number of nitrogens with zero attached hydrogens (tertiary/aromatic N) is 1. The van der Waals surface area contributed by atoms with Crippen molar-refractivity contribution in [2.75, 3.05) is 6.54 Å². The lowest BCUT2D eigenvalue weighted by Crippen LogP contribution is -2.41. The monoisotopic (exact) mass is 347 g/mol. The first-order valence-corrected chi connectivity index (χ1v) is 9.39. The topological polar surface area (TPSA) is 23.5 Å². The predicted octanol–water partition coefficient (Wildman–Crippen LogP) is 5.56. The summed E-state index contributed by atoms with van der Waals surface area (Å²) in [4.78, 5) is 2.44. The van der Waals surface area contributed by atoms with Crippen LogP contribution in [-0.4, -0.2) is 22.1 Å². The number of rotatable bonds is 6. The lowest BCUT2D eigenvalue weighted by molar-refractivity contribution is 0.0891. The highest BCUT2D eigenvalue weighted by atomic mass is 16.3. The molecule has 0 spiro atoms. The SMILES string of the molecule is CC(C)(C)N(CCC(O)c1ccc2ccccc2c1)Cc1ccccc1. The molecule has 0 aliphatic carbocycles. The molecule has 0 aromatic heterocycles. The summed E-state index contributed by atoms with van der Waals surface area (Å²) in [7, 11) is 0. The Bertz CT molecular complexity index is 835. The van der Waals surface area contributed by atoms with E-state index in [4.69, 9.17) is 0 Å². The van der Waals surface area contributed by atoms with Crippen molar-refractivity contribution in [2.45, 2.75) is 45.4 Å². The minimum absolute atomic E-state index is 0.0545. The van der Waals surface area contributed by atoms with Crippen molar-refractivity contribution in [2.24, 2.45) is 0 Å². The van der Waals surface area contributed by atoms with E-state index in [0.29, 0.717) is 0 Å². The molecule has 3 aromatic rings. The Morgan fingerprint density at radius 3 is 2.19 bits per heavy atom. The van der Waals surface area contributed by atoms with Crippen LogP contribution in [0.2, 0.25) is 0 Å². The van der Waals surface area contributed by atoms with Gasteiger partial charge in [0, 0.05) is 18.6 Å². The highest BCUT2D eigenvalue weighted by Crippen LogP contribution is 2.25. The zero-order valence-corrected chi connectivity index (χ0v) is 16.0. The third-order valence-corrected chi connectivity index (χ3v) is 5.00. The van der Waals surface area contributed by atoms with Crippen molar-refractivity contribution in [3.05, 3.63) is 83.9 Å². The molecule has 2 heteroatoms. The zero-order valence-electron chi connectivity index (χ0n) is 16.0. The molecule has 1 N–H and O–H groups in total. The van der Waals surface area contributed by atoms with Crippen LogP contribution >= 0.6 is 0 Å². The van der Waals surface area contributed by atoms with Crippen molar-refractivity contribution in [1.82, 2.24) is 4.90 Å². The van der Waals surface area contributed by atoms with Gasteiger partial charge in [-0.2, -0.15) is 0 Å². The molecule has 0 aliphatic rings. The van der Waals surface area contributed by atoms with Crippen LogP contribution < -0.4 is 0 Å². The van der Waals surface area contributed by atoms with Crippen molar-refractivity contribution < 1.29 is 5.11 Å². The number of fused-ring (bicyclic) bond motifs is 1. The minimum Gasteiger partial charge on any atom is -0.388 e. The Balaban J connectivity index is 1.69. The van der Waals surface area contributed by atoms with Gasteiger partial charge in [0.2, 0.25) is 0 Å². The largest absolute Gasteiger partial charge is 0.388 e. The molecule has 2 nitrogen and oxygen atoms in total. The first-order valence-electron chi connectivity index (χ1n) is 9.39. The summed E-state index contributed by atoms with van der Waals surface area (Å²) in [6, 6.07) is 25.1. The van der Waals surface area contributed by atoms with E-state index in [1.807, 2.05) is 18.2 Å². The van der Waals surface area contributed by atoms with E-state index in [0.717, 1.165) is 25.1 Å². The molecule has 1 atom stereocenters. The maximum atomic E-state index is 10.7. The van der Waals surface area contributed by atoms with E-state index >= 15 is 0 Å². The second kappa shape index (κ2) is 8.03. The molecule has 0 saturated heterocycles. The Morgan fingerprint density at radius 1 is 0.846 bits per heavy atom. The van der Waals surface area contributed by atoms with Gasteiger partial charge in [-0.3, -0.25) is 4.90 Å². The average Bonchev–Trinajstić information content (AvgIpc) is 2.64. The summed E-state index contributed by atoms with van der Waals surface area (Å²) >= 11 is 0. The van der Waals surface area contributed by atoms with E-state index in [2.05, 4.69) is 80.3 Å². The Labute approximate surface area is 157 Å². The van der Waals surface area contributed by atoms with Gasteiger partial charge in [-0.05, 0) is 55.2 Å². The smallest absolute Gasteiger partial charge is 0.0802 e. The zero-order chi connectivity index (χ0) is 18.6. The summed E-state index contributed by atoms with van der Waals surface area (Å²) in [6.07, 6.45) is 0.280. The van der Waals surface area contributed by atoms with Gasteiger partial charge < -0.3 is 5.11 Å². The van der Waals surface area contributed by atoms with Crippen LogP contribution in [0.15, 0.2) is 72.8 Å². The van der Waals surface area contributed by atoms with E-state index < -0.39 is 6.10 Å². The van der Waals surface area contributed by atoms with Gasteiger partial charge in [0.25, 0.3) is 0 Å². The Hall–Kier alpha value is -2.16. The summed E-state index contributed by atoms with van der Waals surface area (Å²) in [5.41, 5.74) is 2.36. The van der Waals surface area contributed by atoms with Crippen molar-refractivity contribution >= 4 is 10.8 Å². The molecule has 0 heterocycles. The fraction of sp³-hybridized carbons (Fsp3) is 0.333. The lowest BCUT2D eigenvalue weighted by atomic mass is 9.99. The van der Waals surface area contributed by atoms with E-state index in [9.17, 15) is 5.11 Å². The van der Waals surface area contributed by atoms with Crippen LogP contribution in [0.1, 0.15) is 44.4 Å². The van der Waals surface area contributed by atoms with Gasteiger partial charge >= 0.3 is 0 Å². The summed E-state index contributed by atoms with van der Waals surface area (Å²) in [6.45, 7) is 8.45. The second-order valence-corrected chi connectivity index (χ2v) is 7.99. The van der Waals surface area contributed by atoms with Crippen LogP contribution in [0, 0.1) is 0 Å². The molecular formula is C24H29NO. The van der Waals surface area contributed by atoms with E-state index in [1.54, 1.807) is 0 Å². The van der Waals surface area contributed by atoms with Gasteiger partial charge in [-0.25, -0.2) is 0 Å². The predicted molar refractivity (Wildman–Crippen MR) is 110 cm³/mol. The number of aliphatic hydroxyl groups excluding tert-OH is 1. The molecule has 0 radical (unpaired) electrons. The van der Waals surface area contributed by atoms with Crippen LogP contribution in [0.4, 0.5) is 0 Å². The Kier molecular flexibility index (Phi) is 5.75. The summed E-state index contributed by atoms with van der Waals surface area (Å²) < 4.78 is 0. The molecule has 136 valence electrons. The third-order valence-electron chi connectivity index (χ3n) is 5.00. The van der Waals surface area contributed by atoms with Gasteiger partial charge in [-0.1, -0.05) is 66.7 Å². The number of hydrogen-bond donors (Lipinski definition) is 1. The maximum Gasteiger partial charge on any atom is 0.0802 e. The molecule has 3 aromatic carbocycles. The first-order chi connectivity index (χ1) is 12.4. The molecule has 0 bridgehead atoms. The summed E-state index contributed by atoms with van der Waals surface area (Å²) in [5.74, 6) is 0. The molecule has 3 rings (SSSR count). The molecule has 0 saturated carbocycles. The fourth-order valence-corrected chi connectivity index (χ4v) is 3.32. The summed E-state index contributed by atoms with van der Waals surface area (Å²) in [5, 5.41) is 13.1. The normalized spacial score (nSPS) is 13.3. The first kappa shape index (κ1) is 18.6. The van der Waals surface area contributed by atoms with Gasteiger partial charge in [0.15, 0.2) is 0 Å². The molecular weight excluding hydrogens is 318 g/mol. The molecule has 1 unspecified atom stereocenters. The molecule has 0 fully saturated rings. The fourth-order valence-electron chi connectivity index (χ4n) is 3.32. The van der Waals surface area contributed by atoms with Crippen molar-refractivity contribution in [3.63, 3.8) is 0 Å². The molecule has 26 heavy (non-hydrogen) atoms. The van der Waals surface area contributed by atoms with Crippen LogP contribution in [0.25, 0.3) is 10.8 Å². The number of aliphatic hydroxyl groups is 1.